The zero-order valence-electron chi connectivity index (χ0n) is 20.7. The summed E-state index contributed by atoms with van der Waals surface area (Å²) < 4.78 is 12.8. The summed E-state index contributed by atoms with van der Waals surface area (Å²) in [5.41, 5.74) is 0. The lowest BCUT2D eigenvalue weighted by Crippen LogP contribution is -2.52. The van der Waals surface area contributed by atoms with Crippen molar-refractivity contribution in [2.45, 2.75) is 104 Å². The molecule has 0 spiro atoms. The molecule has 0 aromatic heterocycles. The fraction of sp³-hybridized carbons (Fsp3) is 1.00. The summed E-state index contributed by atoms with van der Waals surface area (Å²) in [5, 5.41) is 0.559. The van der Waals surface area contributed by atoms with Crippen LogP contribution in [0.25, 0.3) is 0 Å². The van der Waals surface area contributed by atoms with Gasteiger partial charge in [0, 0.05) is 11.9 Å². The molecule has 0 saturated carbocycles. The van der Waals surface area contributed by atoms with E-state index in [0.29, 0.717) is 26.8 Å². The molecule has 0 fully saturated rings. The van der Waals surface area contributed by atoms with Crippen LogP contribution >= 0.6 is 0 Å². The minimum atomic E-state index is -1.73. The van der Waals surface area contributed by atoms with Crippen LogP contribution in [-0.2, 0) is 8.54 Å². The Morgan fingerprint density at radius 1 is 0.821 bits per heavy atom. The molecule has 0 N–H and O–H groups in total. The quantitative estimate of drug-likeness (QED) is 0.242. The molecule has 0 aromatic rings. The van der Waals surface area contributed by atoms with E-state index in [0.717, 1.165) is 35.7 Å². The Morgan fingerprint density at radius 2 is 1.29 bits per heavy atom. The molecule has 0 aliphatic rings. The Morgan fingerprint density at radius 3 is 1.68 bits per heavy atom. The SMILES string of the molecule is CCN(CC)C([Si]CC[Si](C)(C)O[Si](C)(C)C(C)[Si]OC(C)C)N(CC)CC. The second-order valence-electron chi connectivity index (χ2n) is 8.99. The molecule has 0 rings (SSSR count). The van der Waals surface area contributed by atoms with Gasteiger partial charge < -0.3 is 8.54 Å². The maximum atomic E-state index is 6.91. The zero-order chi connectivity index (χ0) is 22.0. The molecular formula is C20H48N2O2Si4. The van der Waals surface area contributed by atoms with Gasteiger partial charge in [0.05, 0.1) is 9.52 Å². The van der Waals surface area contributed by atoms with Crippen LogP contribution in [0.5, 0.6) is 0 Å². The fourth-order valence-electron chi connectivity index (χ4n) is 3.36. The van der Waals surface area contributed by atoms with Crippen molar-refractivity contribution in [3.8, 4) is 0 Å². The maximum Gasteiger partial charge on any atom is 0.232 e. The monoisotopic (exact) mass is 460 g/mol. The average Bonchev–Trinajstić information content (AvgIpc) is 2.60. The van der Waals surface area contributed by atoms with Crippen molar-refractivity contribution < 1.29 is 8.54 Å². The number of nitrogens with zero attached hydrogens (tertiary/aromatic N) is 2. The van der Waals surface area contributed by atoms with Crippen molar-refractivity contribution >= 4 is 35.9 Å². The summed E-state index contributed by atoms with van der Waals surface area (Å²) in [6.07, 6.45) is 0.314. The Kier molecular flexibility index (Phi) is 14.3. The van der Waals surface area contributed by atoms with Gasteiger partial charge in [-0.05, 0) is 77.4 Å². The number of rotatable bonds is 16. The Bertz CT molecular complexity index is 392. The third-order valence-electron chi connectivity index (χ3n) is 5.43. The van der Waals surface area contributed by atoms with Gasteiger partial charge in [-0.1, -0.05) is 40.7 Å². The lowest BCUT2D eigenvalue weighted by atomic mass is 10.5. The first-order valence-electron chi connectivity index (χ1n) is 11.3. The van der Waals surface area contributed by atoms with Crippen molar-refractivity contribution in [1.29, 1.82) is 0 Å². The van der Waals surface area contributed by atoms with E-state index in [1.807, 2.05) is 0 Å². The Balaban J connectivity index is 4.81. The summed E-state index contributed by atoms with van der Waals surface area (Å²) in [5.74, 6) is 0.597. The summed E-state index contributed by atoms with van der Waals surface area (Å²) in [7, 11) is -1.86. The largest absolute Gasteiger partial charge is 0.455 e. The average molecular weight is 461 g/mol. The molecule has 0 aliphatic heterocycles. The van der Waals surface area contributed by atoms with E-state index in [4.69, 9.17) is 8.54 Å². The maximum absolute atomic E-state index is 6.91. The molecule has 1 atom stereocenters. The van der Waals surface area contributed by atoms with Crippen LogP contribution in [0.15, 0.2) is 0 Å². The molecular weight excluding hydrogens is 413 g/mol. The smallest absolute Gasteiger partial charge is 0.232 e. The van der Waals surface area contributed by atoms with Crippen molar-refractivity contribution in [3.05, 3.63) is 0 Å². The molecule has 166 valence electrons. The second kappa shape index (κ2) is 13.9. The molecule has 4 nitrogen and oxygen atoms in total. The molecule has 0 heterocycles. The highest BCUT2D eigenvalue weighted by Gasteiger charge is 2.38. The van der Waals surface area contributed by atoms with E-state index < -0.39 is 16.6 Å². The highest BCUT2D eigenvalue weighted by Crippen LogP contribution is 2.28. The van der Waals surface area contributed by atoms with Gasteiger partial charge in [0.15, 0.2) is 16.6 Å². The lowest BCUT2D eigenvalue weighted by molar-refractivity contribution is 0.115. The van der Waals surface area contributed by atoms with Crippen LogP contribution in [0.1, 0.15) is 48.5 Å². The van der Waals surface area contributed by atoms with Gasteiger partial charge in [0.2, 0.25) is 9.76 Å². The van der Waals surface area contributed by atoms with Gasteiger partial charge in [-0.25, -0.2) is 0 Å². The molecule has 0 aromatic carbocycles. The zero-order valence-corrected chi connectivity index (χ0v) is 24.7. The minimum absolute atomic E-state index is 0.314. The van der Waals surface area contributed by atoms with E-state index >= 15 is 0 Å². The molecule has 0 bridgehead atoms. The van der Waals surface area contributed by atoms with Crippen molar-refractivity contribution in [2.24, 2.45) is 0 Å². The predicted molar refractivity (Wildman–Crippen MR) is 132 cm³/mol. The summed E-state index contributed by atoms with van der Waals surface area (Å²) >= 11 is 0. The minimum Gasteiger partial charge on any atom is -0.455 e. The van der Waals surface area contributed by atoms with Crippen molar-refractivity contribution in [1.82, 2.24) is 9.80 Å². The van der Waals surface area contributed by atoms with E-state index in [1.54, 1.807) is 0 Å². The molecule has 28 heavy (non-hydrogen) atoms. The Hall–Kier alpha value is 0.708. The van der Waals surface area contributed by atoms with Gasteiger partial charge in [-0.15, -0.1) is 0 Å². The fourth-order valence-corrected chi connectivity index (χ4v) is 17.0. The van der Waals surface area contributed by atoms with E-state index in [1.165, 1.54) is 12.1 Å². The molecule has 8 heteroatoms. The standard InChI is InChI=1S/C20H48N2O2Si4/c1-12-21(13-2)20(22(14-3)15-4)25-16-17-27(8,9)24-28(10,11)19(7)26-23-18(5)6/h18-20H,12-17H2,1-11H3. The van der Waals surface area contributed by atoms with Gasteiger partial charge in [-0.3, -0.25) is 9.80 Å². The van der Waals surface area contributed by atoms with Gasteiger partial charge in [0.1, 0.15) is 0 Å². The highest BCUT2D eigenvalue weighted by molar-refractivity contribution is 6.89. The van der Waals surface area contributed by atoms with E-state index in [-0.39, 0.29) is 0 Å². The van der Waals surface area contributed by atoms with Crippen molar-refractivity contribution in [3.63, 3.8) is 0 Å². The molecule has 0 aliphatic carbocycles. The van der Waals surface area contributed by atoms with Crippen LogP contribution in [-0.4, -0.2) is 83.8 Å². The molecule has 0 amide bonds. The van der Waals surface area contributed by atoms with E-state index in [9.17, 15) is 0 Å². The second-order valence-corrected chi connectivity index (χ2v) is 21.2. The molecule has 0 saturated heterocycles. The number of hydrogen-bond acceptors (Lipinski definition) is 4. The predicted octanol–water partition coefficient (Wildman–Crippen LogP) is 4.89. The highest BCUT2D eigenvalue weighted by atomic mass is 28.4. The normalized spacial score (nSPS) is 14.7. The van der Waals surface area contributed by atoms with Crippen LogP contribution in [0.3, 0.4) is 0 Å². The third kappa shape index (κ3) is 10.7. The Labute approximate surface area is 184 Å². The van der Waals surface area contributed by atoms with Crippen LogP contribution in [0, 0.1) is 0 Å². The third-order valence-corrected chi connectivity index (χ3v) is 18.8. The first-order chi connectivity index (χ1) is 12.9. The molecule has 1 unspecified atom stereocenters. The van der Waals surface area contributed by atoms with Crippen LogP contribution in [0.4, 0.5) is 0 Å². The van der Waals surface area contributed by atoms with Gasteiger partial charge in [0.25, 0.3) is 0 Å². The summed E-state index contributed by atoms with van der Waals surface area (Å²) in [6, 6.07) is 2.56. The summed E-state index contributed by atoms with van der Waals surface area (Å²) in [4.78, 5) is 5.26. The summed E-state index contributed by atoms with van der Waals surface area (Å²) in [6.45, 7) is 29.9. The first kappa shape index (κ1) is 28.7. The van der Waals surface area contributed by atoms with Crippen LogP contribution in [0.2, 0.25) is 43.4 Å². The first-order valence-corrected chi connectivity index (χ1v) is 19.6. The topological polar surface area (TPSA) is 24.9 Å². The number of hydrogen-bond donors (Lipinski definition) is 0. The van der Waals surface area contributed by atoms with Crippen LogP contribution < -0.4 is 0 Å². The van der Waals surface area contributed by atoms with E-state index in [2.05, 4.69) is 84.5 Å². The lowest BCUT2D eigenvalue weighted by Gasteiger charge is -2.40. The van der Waals surface area contributed by atoms with Crippen molar-refractivity contribution in [2.75, 3.05) is 26.2 Å². The van der Waals surface area contributed by atoms with Gasteiger partial charge in [-0.2, -0.15) is 0 Å². The molecule has 4 radical (unpaired) electrons. The van der Waals surface area contributed by atoms with Gasteiger partial charge >= 0.3 is 0 Å².